The van der Waals surface area contributed by atoms with Crippen molar-refractivity contribution >= 4 is 11.3 Å². The van der Waals surface area contributed by atoms with Crippen LogP contribution >= 0.6 is 11.3 Å². The number of hydrogen-bond donors (Lipinski definition) is 0. The number of nitrogens with zero attached hydrogens (tertiary/aromatic N) is 3. The third kappa shape index (κ3) is 2.20. The molecule has 96 valence electrons. The van der Waals surface area contributed by atoms with Crippen molar-refractivity contribution in [2.45, 2.75) is 39.3 Å². The molecule has 4 nitrogen and oxygen atoms in total. The third-order valence-corrected chi connectivity index (χ3v) is 4.55. The number of aromatic nitrogens is 2. The van der Waals surface area contributed by atoms with Crippen molar-refractivity contribution in [2.24, 2.45) is 0 Å². The molecule has 2 aromatic heterocycles. The summed E-state index contributed by atoms with van der Waals surface area (Å²) in [6.07, 6.45) is 2.40. The standard InChI is InChI=1S/C13H17N3OS/c1-9(13-14-10(2)17-15-13)16-6-3-4-12-11(8-16)5-7-18-12/h5,7,9H,3-4,6,8H2,1-2H3. The van der Waals surface area contributed by atoms with Gasteiger partial charge in [-0.1, -0.05) is 5.16 Å². The van der Waals surface area contributed by atoms with Crippen molar-refractivity contribution < 1.29 is 4.52 Å². The quantitative estimate of drug-likeness (QED) is 0.835. The molecule has 0 radical (unpaired) electrons. The maximum atomic E-state index is 5.08. The van der Waals surface area contributed by atoms with Gasteiger partial charge in [0, 0.05) is 18.3 Å². The minimum Gasteiger partial charge on any atom is -0.340 e. The highest BCUT2D eigenvalue weighted by molar-refractivity contribution is 7.10. The summed E-state index contributed by atoms with van der Waals surface area (Å²) in [5.41, 5.74) is 1.46. The zero-order valence-electron chi connectivity index (χ0n) is 10.7. The van der Waals surface area contributed by atoms with Crippen LogP contribution in [0.1, 0.15) is 41.5 Å². The molecule has 2 aromatic rings. The van der Waals surface area contributed by atoms with Gasteiger partial charge in [-0.3, -0.25) is 4.90 Å². The van der Waals surface area contributed by atoms with Crippen LogP contribution in [0, 0.1) is 6.92 Å². The summed E-state index contributed by atoms with van der Waals surface area (Å²) in [5.74, 6) is 1.44. The Morgan fingerprint density at radius 1 is 1.50 bits per heavy atom. The van der Waals surface area contributed by atoms with Crippen molar-refractivity contribution in [3.63, 3.8) is 0 Å². The molecule has 3 heterocycles. The normalized spacial score (nSPS) is 18.3. The topological polar surface area (TPSA) is 42.2 Å². The van der Waals surface area contributed by atoms with Gasteiger partial charge in [0.2, 0.25) is 5.89 Å². The van der Waals surface area contributed by atoms with Crippen LogP contribution in [-0.2, 0) is 13.0 Å². The van der Waals surface area contributed by atoms with Gasteiger partial charge in [0.15, 0.2) is 5.82 Å². The summed E-state index contributed by atoms with van der Waals surface area (Å²) in [5, 5.41) is 6.23. The van der Waals surface area contributed by atoms with Crippen LogP contribution < -0.4 is 0 Å². The molecule has 5 heteroatoms. The molecular weight excluding hydrogens is 246 g/mol. The predicted molar refractivity (Wildman–Crippen MR) is 70.5 cm³/mol. The zero-order valence-corrected chi connectivity index (χ0v) is 11.5. The van der Waals surface area contributed by atoms with Crippen molar-refractivity contribution in [3.8, 4) is 0 Å². The van der Waals surface area contributed by atoms with E-state index < -0.39 is 0 Å². The fourth-order valence-electron chi connectivity index (χ4n) is 2.45. The van der Waals surface area contributed by atoms with Crippen LogP contribution in [0.5, 0.6) is 0 Å². The fourth-order valence-corrected chi connectivity index (χ4v) is 3.39. The highest BCUT2D eigenvalue weighted by atomic mass is 32.1. The minimum atomic E-state index is 0.216. The molecule has 1 unspecified atom stereocenters. The highest BCUT2D eigenvalue weighted by Gasteiger charge is 2.23. The molecule has 1 aliphatic heterocycles. The lowest BCUT2D eigenvalue weighted by Gasteiger charge is -2.25. The van der Waals surface area contributed by atoms with Crippen LogP contribution in [0.15, 0.2) is 16.0 Å². The Bertz CT molecular complexity index is 534. The highest BCUT2D eigenvalue weighted by Crippen LogP contribution is 2.28. The first-order valence-electron chi connectivity index (χ1n) is 6.33. The third-order valence-electron chi connectivity index (χ3n) is 3.52. The predicted octanol–water partition coefficient (Wildman–Crippen LogP) is 2.95. The first kappa shape index (κ1) is 11.9. The number of aryl methyl sites for hydroxylation is 2. The summed E-state index contributed by atoms with van der Waals surface area (Å²) in [4.78, 5) is 8.31. The Labute approximate surface area is 111 Å². The maximum Gasteiger partial charge on any atom is 0.223 e. The van der Waals surface area contributed by atoms with E-state index in [9.17, 15) is 0 Å². The average molecular weight is 263 g/mol. The van der Waals surface area contributed by atoms with Crippen molar-refractivity contribution in [2.75, 3.05) is 6.54 Å². The molecule has 0 amide bonds. The van der Waals surface area contributed by atoms with E-state index in [1.165, 1.54) is 23.3 Å². The molecule has 0 N–H and O–H groups in total. The van der Waals surface area contributed by atoms with E-state index in [-0.39, 0.29) is 6.04 Å². The van der Waals surface area contributed by atoms with Gasteiger partial charge in [-0.25, -0.2) is 0 Å². The van der Waals surface area contributed by atoms with E-state index >= 15 is 0 Å². The number of thiophene rings is 1. The molecule has 0 saturated carbocycles. The molecule has 0 aromatic carbocycles. The molecule has 0 saturated heterocycles. The van der Waals surface area contributed by atoms with E-state index in [0.29, 0.717) is 5.89 Å². The van der Waals surface area contributed by atoms with E-state index in [1.54, 1.807) is 0 Å². The summed E-state index contributed by atoms with van der Waals surface area (Å²) in [7, 11) is 0. The van der Waals surface area contributed by atoms with Crippen LogP contribution in [0.4, 0.5) is 0 Å². The SMILES string of the molecule is Cc1nc(C(C)N2CCCc3sccc3C2)no1. The van der Waals surface area contributed by atoms with E-state index in [4.69, 9.17) is 4.52 Å². The lowest BCUT2D eigenvalue weighted by Crippen LogP contribution is -2.27. The monoisotopic (exact) mass is 263 g/mol. The Balaban J connectivity index is 1.80. The molecule has 0 bridgehead atoms. The molecule has 18 heavy (non-hydrogen) atoms. The lowest BCUT2D eigenvalue weighted by molar-refractivity contribution is 0.193. The largest absolute Gasteiger partial charge is 0.340 e. The summed E-state index contributed by atoms with van der Waals surface area (Å²) >= 11 is 1.88. The van der Waals surface area contributed by atoms with E-state index in [0.717, 1.165) is 18.9 Å². The van der Waals surface area contributed by atoms with E-state index in [1.807, 2.05) is 18.3 Å². The van der Waals surface area contributed by atoms with Crippen molar-refractivity contribution in [1.82, 2.24) is 15.0 Å². The van der Waals surface area contributed by atoms with Gasteiger partial charge in [-0.2, -0.15) is 4.98 Å². The Morgan fingerprint density at radius 3 is 3.17 bits per heavy atom. The number of rotatable bonds is 2. The molecule has 3 rings (SSSR count). The Hall–Kier alpha value is -1.20. The Kier molecular flexibility index (Phi) is 3.18. The van der Waals surface area contributed by atoms with E-state index in [2.05, 4.69) is 33.4 Å². The van der Waals surface area contributed by atoms with Gasteiger partial charge < -0.3 is 4.52 Å². The molecule has 1 atom stereocenters. The fraction of sp³-hybridized carbons (Fsp3) is 0.538. The smallest absolute Gasteiger partial charge is 0.223 e. The second-order valence-electron chi connectivity index (χ2n) is 4.79. The minimum absolute atomic E-state index is 0.216. The molecule has 1 aliphatic rings. The van der Waals surface area contributed by atoms with Gasteiger partial charge in [-0.05, 0) is 43.3 Å². The van der Waals surface area contributed by atoms with Crippen LogP contribution in [0.3, 0.4) is 0 Å². The molecular formula is C13H17N3OS. The second kappa shape index (κ2) is 4.82. The zero-order chi connectivity index (χ0) is 12.5. The van der Waals surface area contributed by atoms with Gasteiger partial charge >= 0.3 is 0 Å². The summed E-state index contributed by atoms with van der Waals surface area (Å²) < 4.78 is 5.08. The molecule has 0 aliphatic carbocycles. The lowest BCUT2D eigenvalue weighted by atomic mass is 10.2. The molecule has 0 spiro atoms. The van der Waals surface area contributed by atoms with Gasteiger partial charge in [0.25, 0.3) is 0 Å². The van der Waals surface area contributed by atoms with Gasteiger partial charge in [0.1, 0.15) is 0 Å². The van der Waals surface area contributed by atoms with Crippen LogP contribution in [0.25, 0.3) is 0 Å². The van der Waals surface area contributed by atoms with Crippen molar-refractivity contribution in [3.05, 3.63) is 33.6 Å². The molecule has 0 fully saturated rings. The average Bonchev–Trinajstić information content (AvgIpc) is 2.93. The maximum absolute atomic E-state index is 5.08. The van der Waals surface area contributed by atoms with Gasteiger partial charge in [0.05, 0.1) is 6.04 Å². The van der Waals surface area contributed by atoms with Crippen LogP contribution in [-0.4, -0.2) is 21.6 Å². The number of fused-ring (bicyclic) bond motifs is 1. The summed E-state index contributed by atoms with van der Waals surface area (Å²) in [6.45, 7) is 6.08. The Morgan fingerprint density at radius 2 is 2.39 bits per heavy atom. The first-order chi connectivity index (χ1) is 8.74. The van der Waals surface area contributed by atoms with Crippen molar-refractivity contribution in [1.29, 1.82) is 0 Å². The van der Waals surface area contributed by atoms with Gasteiger partial charge in [-0.15, -0.1) is 11.3 Å². The van der Waals surface area contributed by atoms with Crippen LogP contribution in [0.2, 0.25) is 0 Å². The second-order valence-corrected chi connectivity index (χ2v) is 5.79. The summed E-state index contributed by atoms with van der Waals surface area (Å²) in [6, 6.07) is 2.46. The first-order valence-corrected chi connectivity index (χ1v) is 7.21. The number of hydrogen-bond acceptors (Lipinski definition) is 5.